The maximum absolute atomic E-state index is 11.0. The first-order valence-corrected chi connectivity index (χ1v) is 4.93. The molecule has 0 bridgehead atoms. The molecule has 4 heteroatoms. The van der Waals surface area contributed by atoms with Crippen molar-refractivity contribution < 1.29 is 9.53 Å². The van der Waals surface area contributed by atoms with Crippen molar-refractivity contribution in [2.24, 2.45) is 5.73 Å². The lowest BCUT2D eigenvalue weighted by Crippen LogP contribution is -2.13. The van der Waals surface area contributed by atoms with E-state index in [2.05, 4.69) is 6.58 Å². The second-order valence-electron chi connectivity index (χ2n) is 3.03. The minimum absolute atomic E-state index is 0.286. The first-order chi connectivity index (χ1) is 7.15. The molecule has 0 atom stereocenters. The van der Waals surface area contributed by atoms with E-state index in [0.29, 0.717) is 17.2 Å². The van der Waals surface area contributed by atoms with Crippen LogP contribution in [-0.4, -0.2) is 18.4 Å². The number of benzene rings is 1. The minimum Gasteiger partial charge on any atom is -0.488 e. The highest BCUT2D eigenvalue weighted by Gasteiger charge is 2.07. The predicted molar refractivity (Wildman–Crippen MR) is 60.3 cm³/mol. The summed E-state index contributed by atoms with van der Waals surface area (Å²) < 4.78 is 5.37. The molecule has 0 fully saturated rings. The lowest BCUT2D eigenvalue weighted by Gasteiger charge is -2.09. The number of ether oxygens (including phenoxy) is 1. The third kappa shape index (κ3) is 3.29. The molecule has 0 unspecified atom stereocenters. The maximum atomic E-state index is 11.0. The molecule has 0 saturated carbocycles. The van der Waals surface area contributed by atoms with Crippen molar-refractivity contribution in [1.82, 2.24) is 0 Å². The van der Waals surface area contributed by atoms with Crippen molar-refractivity contribution in [1.29, 1.82) is 0 Å². The van der Waals surface area contributed by atoms with Gasteiger partial charge < -0.3 is 10.5 Å². The molecule has 1 amide bonds. The van der Waals surface area contributed by atoms with Crippen LogP contribution in [0.15, 0.2) is 36.4 Å². The number of para-hydroxylation sites is 1. The van der Waals surface area contributed by atoms with Gasteiger partial charge in [0.25, 0.3) is 5.91 Å². The number of rotatable bonds is 5. The summed E-state index contributed by atoms with van der Waals surface area (Å²) in [6, 6.07) is 6.79. The summed E-state index contributed by atoms with van der Waals surface area (Å²) in [7, 11) is 0. The summed E-state index contributed by atoms with van der Waals surface area (Å²) in [5.41, 5.74) is 6.29. The van der Waals surface area contributed by atoms with Crippen molar-refractivity contribution in [3.63, 3.8) is 0 Å². The largest absolute Gasteiger partial charge is 0.488 e. The number of nitrogens with two attached hydrogens (primary N) is 1. The molecule has 0 aliphatic heterocycles. The van der Waals surface area contributed by atoms with Gasteiger partial charge in [0.05, 0.1) is 5.56 Å². The number of carbonyl (C=O) groups is 1. The average molecular weight is 226 g/mol. The number of carbonyl (C=O) groups excluding carboxylic acids is 1. The Bertz CT molecular complexity index is 377. The second kappa shape index (κ2) is 5.41. The highest BCUT2D eigenvalue weighted by Crippen LogP contribution is 2.17. The van der Waals surface area contributed by atoms with E-state index in [1.165, 1.54) is 0 Å². The van der Waals surface area contributed by atoms with E-state index in [1.54, 1.807) is 24.3 Å². The van der Waals surface area contributed by atoms with E-state index in [4.69, 9.17) is 22.1 Å². The zero-order chi connectivity index (χ0) is 11.3. The summed E-state index contributed by atoms with van der Waals surface area (Å²) in [6.45, 7) is 3.98. The molecule has 15 heavy (non-hydrogen) atoms. The summed E-state index contributed by atoms with van der Waals surface area (Å²) in [4.78, 5) is 11.0. The Morgan fingerprint density at radius 3 is 2.73 bits per heavy atom. The van der Waals surface area contributed by atoms with Gasteiger partial charge in [-0.2, -0.15) is 0 Å². The minimum atomic E-state index is -0.512. The SMILES string of the molecule is C=C(CCl)COc1ccccc1C(N)=O. The fourth-order valence-electron chi connectivity index (χ4n) is 1.01. The van der Waals surface area contributed by atoms with Crippen molar-refractivity contribution in [2.75, 3.05) is 12.5 Å². The lowest BCUT2D eigenvalue weighted by atomic mass is 10.2. The summed E-state index contributed by atoms with van der Waals surface area (Å²) in [6.07, 6.45) is 0. The van der Waals surface area contributed by atoms with E-state index >= 15 is 0 Å². The first kappa shape index (κ1) is 11.6. The van der Waals surface area contributed by atoms with Crippen molar-refractivity contribution in [3.8, 4) is 5.75 Å². The van der Waals surface area contributed by atoms with Gasteiger partial charge in [-0.3, -0.25) is 4.79 Å². The van der Waals surface area contributed by atoms with Gasteiger partial charge in [-0.05, 0) is 17.7 Å². The van der Waals surface area contributed by atoms with Gasteiger partial charge in [0, 0.05) is 5.88 Å². The Kier molecular flexibility index (Phi) is 4.18. The number of alkyl halides is 1. The molecule has 2 N–H and O–H groups in total. The van der Waals surface area contributed by atoms with E-state index in [-0.39, 0.29) is 6.61 Å². The molecule has 3 nitrogen and oxygen atoms in total. The standard InChI is InChI=1S/C11H12ClNO2/c1-8(6-12)7-15-10-5-3-2-4-9(10)11(13)14/h2-5H,1,6-7H2,(H2,13,14). The zero-order valence-electron chi connectivity index (χ0n) is 8.20. The number of halogens is 1. The third-order valence-electron chi connectivity index (χ3n) is 1.77. The van der Waals surface area contributed by atoms with Crippen LogP contribution in [0, 0.1) is 0 Å². The van der Waals surface area contributed by atoms with Crippen LogP contribution in [0.5, 0.6) is 5.75 Å². The molecule has 0 radical (unpaired) electrons. The summed E-state index contributed by atoms with van der Waals surface area (Å²) in [5, 5.41) is 0. The molecule has 0 aromatic heterocycles. The lowest BCUT2D eigenvalue weighted by molar-refractivity contribution is 0.0997. The van der Waals surface area contributed by atoms with Crippen molar-refractivity contribution in [2.45, 2.75) is 0 Å². The smallest absolute Gasteiger partial charge is 0.252 e. The first-order valence-electron chi connectivity index (χ1n) is 4.39. The van der Waals surface area contributed by atoms with Crippen LogP contribution < -0.4 is 10.5 Å². The highest BCUT2D eigenvalue weighted by atomic mass is 35.5. The molecule has 80 valence electrons. The molecule has 0 heterocycles. The van der Waals surface area contributed by atoms with Gasteiger partial charge in [-0.15, -0.1) is 11.6 Å². The Balaban J connectivity index is 2.76. The second-order valence-corrected chi connectivity index (χ2v) is 3.30. The average Bonchev–Trinajstić information content (AvgIpc) is 2.26. The van der Waals surface area contributed by atoms with E-state index in [0.717, 1.165) is 5.57 Å². The molecule has 0 aliphatic carbocycles. The Hall–Kier alpha value is -1.48. The molecule has 0 aliphatic rings. The van der Waals surface area contributed by atoms with Crippen LogP contribution in [0.3, 0.4) is 0 Å². The fourth-order valence-corrected chi connectivity index (χ4v) is 1.09. The van der Waals surface area contributed by atoms with Gasteiger partial charge in [0.15, 0.2) is 0 Å². The maximum Gasteiger partial charge on any atom is 0.252 e. The topological polar surface area (TPSA) is 52.3 Å². The van der Waals surface area contributed by atoms with Crippen LogP contribution in [0.2, 0.25) is 0 Å². The van der Waals surface area contributed by atoms with Crippen LogP contribution in [0.1, 0.15) is 10.4 Å². The number of hydrogen-bond acceptors (Lipinski definition) is 2. The Morgan fingerprint density at radius 1 is 1.47 bits per heavy atom. The van der Waals surface area contributed by atoms with Gasteiger partial charge >= 0.3 is 0 Å². The highest BCUT2D eigenvalue weighted by molar-refractivity contribution is 6.19. The van der Waals surface area contributed by atoms with Gasteiger partial charge in [-0.1, -0.05) is 18.7 Å². The van der Waals surface area contributed by atoms with Gasteiger partial charge in [-0.25, -0.2) is 0 Å². The van der Waals surface area contributed by atoms with Crippen LogP contribution in [0.25, 0.3) is 0 Å². The monoisotopic (exact) mass is 225 g/mol. The Labute approximate surface area is 93.5 Å². The number of hydrogen-bond donors (Lipinski definition) is 1. The van der Waals surface area contributed by atoms with Gasteiger partial charge in [0.1, 0.15) is 12.4 Å². The Morgan fingerprint density at radius 2 is 2.13 bits per heavy atom. The fraction of sp³-hybridized carbons (Fsp3) is 0.182. The molecule has 1 rings (SSSR count). The molecule has 1 aromatic carbocycles. The van der Waals surface area contributed by atoms with Gasteiger partial charge in [0.2, 0.25) is 0 Å². The van der Waals surface area contributed by atoms with Crippen molar-refractivity contribution in [3.05, 3.63) is 42.0 Å². The predicted octanol–water partition coefficient (Wildman–Crippen LogP) is 1.96. The molecular weight excluding hydrogens is 214 g/mol. The number of primary amides is 1. The number of amides is 1. The van der Waals surface area contributed by atoms with Crippen molar-refractivity contribution >= 4 is 17.5 Å². The summed E-state index contributed by atoms with van der Waals surface area (Å²) in [5.74, 6) is 0.275. The molecule has 0 saturated heterocycles. The van der Waals surface area contributed by atoms with Crippen LogP contribution >= 0.6 is 11.6 Å². The quantitative estimate of drug-likeness (QED) is 0.615. The third-order valence-corrected chi connectivity index (χ3v) is 2.15. The molecule has 0 spiro atoms. The van der Waals surface area contributed by atoms with E-state index in [9.17, 15) is 4.79 Å². The zero-order valence-corrected chi connectivity index (χ0v) is 8.96. The molecular formula is C11H12ClNO2. The van der Waals surface area contributed by atoms with Crippen LogP contribution in [0.4, 0.5) is 0 Å². The van der Waals surface area contributed by atoms with E-state index < -0.39 is 5.91 Å². The van der Waals surface area contributed by atoms with E-state index in [1.807, 2.05) is 0 Å². The van der Waals surface area contributed by atoms with Crippen LogP contribution in [-0.2, 0) is 0 Å². The normalized spacial score (nSPS) is 9.67. The molecule has 1 aromatic rings. The summed E-state index contributed by atoms with van der Waals surface area (Å²) >= 11 is 5.55.